The summed E-state index contributed by atoms with van der Waals surface area (Å²) in [5.74, 6) is 0.316. The minimum atomic E-state index is -0.224. The van der Waals surface area contributed by atoms with Crippen molar-refractivity contribution in [3.8, 4) is 0 Å². The highest BCUT2D eigenvalue weighted by atomic mass is 32.1. The van der Waals surface area contributed by atoms with Gasteiger partial charge in [-0.15, -0.1) is 11.3 Å². The zero-order valence-electron chi connectivity index (χ0n) is 12.8. The second kappa shape index (κ2) is 8.27. The number of oxime groups is 1. The van der Waals surface area contributed by atoms with Crippen LogP contribution in [0.1, 0.15) is 50.5 Å². The molecule has 4 nitrogen and oxygen atoms in total. The van der Waals surface area contributed by atoms with Gasteiger partial charge < -0.3 is 16.3 Å². The van der Waals surface area contributed by atoms with Crippen LogP contribution in [0.5, 0.6) is 0 Å². The summed E-state index contributed by atoms with van der Waals surface area (Å²) in [6.07, 6.45) is 4.22. The highest BCUT2D eigenvalue weighted by molar-refractivity contribution is 7.10. The van der Waals surface area contributed by atoms with Gasteiger partial charge in [0.05, 0.1) is 0 Å². The van der Waals surface area contributed by atoms with Crippen LogP contribution in [0.25, 0.3) is 0 Å². The summed E-state index contributed by atoms with van der Waals surface area (Å²) in [4.78, 5) is 1.45. The molecule has 5 heteroatoms. The molecule has 0 unspecified atom stereocenters. The molecular weight excluding hydrogens is 270 g/mol. The van der Waals surface area contributed by atoms with E-state index in [1.807, 2.05) is 25.2 Å². The van der Waals surface area contributed by atoms with Crippen LogP contribution in [0.2, 0.25) is 0 Å². The second-order valence-corrected chi connectivity index (χ2v) is 6.73. The first-order chi connectivity index (χ1) is 9.51. The summed E-state index contributed by atoms with van der Waals surface area (Å²) in [7, 11) is 0. The van der Waals surface area contributed by atoms with Crippen LogP contribution >= 0.6 is 11.3 Å². The quantitative estimate of drug-likeness (QED) is 0.215. The van der Waals surface area contributed by atoms with Gasteiger partial charge in [0.1, 0.15) is 5.84 Å². The first kappa shape index (κ1) is 17.0. The van der Waals surface area contributed by atoms with E-state index < -0.39 is 0 Å². The number of thiophene rings is 1. The largest absolute Gasteiger partial charge is 0.409 e. The Morgan fingerprint density at radius 1 is 1.45 bits per heavy atom. The van der Waals surface area contributed by atoms with Crippen molar-refractivity contribution in [3.63, 3.8) is 0 Å². The number of unbranched alkanes of at least 4 members (excludes halogenated alkanes) is 1. The predicted octanol–water partition coefficient (Wildman–Crippen LogP) is 3.34. The fourth-order valence-corrected chi connectivity index (χ4v) is 3.07. The number of amidine groups is 1. The Kier molecular flexibility index (Phi) is 7.02. The SMILES string of the molecule is CCc1ccsc1CNCCCCC(C)(C)/C(N)=N/O. The van der Waals surface area contributed by atoms with Crippen molar-refractivity contribution in [2.75, 3.05) is 6.54 Å². The van der Waals surface area contributed by atoms with Crippen molar-refractivity contribution in [3.05, 3.63) is 21.9 Å². The van der Waals surface area contributed by atoms with Crippen molar-refractivity contribution in [1.82, 2.24) is 5.32 Å². The molecule has 0 radical (unpaired) electrons. The van der Waals surface area contributed by atoms with Crippen LogP contribution in [0.3, 0.4) is 0 Å². The summed E-state index contributed by atoms with van der Waals surface area (Å²) in [6, 6.07) is 2.21. The van der Waals surface area contributed by atoms with Gasteiger partial charge >= 0.3 is 0 Å². The zero-order valence-corrected chi connectivity index (χ0v) is 13.6. The summed E-state index contributed by atoms with van der Waals surface area (Å²) in [6.45, 7) is 8.18. The molecule has 0 spiro atoms. The number of nitrogens with zero attached hydrogens (tertiary/aromatic N) is 1. The van der Waals surface area contributed by atoms with E-state index in [1.165, 1.54) is 10.4 Å². The van der Waals surface area contributed by atoms with Crippen molar-refractivity contribution in [2.24, 2.45) is 16.3 Å². The third-order valence-electron chi connectivity index (χ3n) is 3.71. The molecule has 0 bridgehead atoms. The lowest BCUT2D eigenvalue weighted by molar-refractivity contribution is 0.304. The van der Waals surface area contributed by atoms with Gasteiger partial charge in [0.2, 0.25) is 0 Å². The third kappa shape index (κ3) is 5.13. The van der Waals surface area contributed by atoms with Crippen LogP contribution in [-0.2, 0) is 13.0 Å². The average Bonchev–Trinajstić information content (AvgIpc) is 2.89. The highest BCUT2D eigenvalue weighted by Crippen LogP contribution is 2.23. The lowest BCUT2D eigenvalue weighted by Gasteiger charge is -2.22. The van der Waals surface area contributed by atoms with Gasteiger partial charge in [-0.3, -0.25) is 0 Å². The minimum absolute atomic E-state index is 0.224. The minimum Gasteiger partial charge on any atom is -0.409 e. The predicted molar refractivity (Wildman–Crippen MR) is 86.4 cm³/mol. The smallest absolute Gasteiger partial charge is 0.144 e. The molecule has 0 saturated carbocycles. The van der Waals surface area contributed by atoms with Crippen LogP contribution in [0.15, 0.2) is 16.6 Å². The molecule has 4 N–H and O–H groups in total. The van der Waals surface area contributed by atoms with Gasteiger partial charge in [-0.25, -0.2) is 0 Å². The van der Waals surface area contributed by atoms with Crippen molar-refractivity contribution in [2.45, 2.75) is 53.0 Å². The van der Waals surface area contributed by atoms with Crippen LogP contribution < -0.4 is 11.1 Å². The molecule has 1 rings (SSSR count). The molecule has 0 aliphatic rings. The normalized spacial score (nSPS) is 12.8. The molecule has 0 aliphatic heterocycles. The molecule has 0 aromatic carbocycles. The zero-order chi connectivity index (χ0) is 15.0. The summed E-state index contributed by atoms with van der Waals surface area (Å²) in [5, 5.41) is 17.5. The lowest BCUT2D eigenvalue weighted by Crippen LogP contribution is -2.32. The summed E-state index contributed by atoms with van der Waals surface area (Å²) >= 11 is 1.83. The fraction of sp³-hybridized carbons (Fsp3) is 0.667. The van der Waals surface area contributed by atoms with Gasteiger partial charge in [0.25, 0.3) is 0 Å². The first-order valence-corrected chi connectivity index (χ1v) is 8.13. The van der Waals surface area contributed by atoms with Gasteiger partial charge in [0, 0.05) is 16.8 Å². The molecule has 0 amide bonds. The Hall–Kier alpha value is -1.07. The Balaban J connectivity index is 2.17. The van der Waals surface area contributed by atoms with Gasteiger partial charge in [0.15, 0.2) is 0 Å². The fourth-order valence-electron chi connectivity index (χ4n) is 2.12. The molecule has 0 saturated heterocycles. The summed E-state index contributed by atoms with van der Waals surface area (Å²) in [5.41, 5.74) is 6.90. The van der Waals surface area contributed by atoms with Crippen molar-refractivity contribution in [1.29, 1.82) is 0 Å². The molecule has 114 valence electrons. The van der Waals surface area contributed by atoms with Gasteiger partial charge in [-0.05, 0) is 42.8 Å². The molecule has 0 atom stereocenters. The molecule has 1 aromatic heterocycles. The third-order valence-corrected chi connectivity index (χ3v) is 4.67. The van der Waals surface area contributed by atoms with Crippen LogP contribution in [0.4, 0.5) is 0 Å². The van der Waals surface area contributed by atoms with Crippen LogP contribution in [0, 0.1) is 5.41 Å². The van der Waals surface area contributed by atoms with E-state index >= 15 is 0 Å². The second-order valence-electron chi connectivity index (χ2n) is 5.73. The number of aryl methyl sites for hydroxylation is 1. The van der Waals surface area contributed by atoms with E-state index in [2.05, 4.69) is 28.8 Å². The van der Waals surface area contributed by atoms with E-state index in [0.717, 1.165) is 38.8 Å². The molecule has 1 aromatic rings. The maximum Gasteiger partial charge on any atom is 0.144 e. The lowest BCUT2D eigenvalue weighted by atomic mass is 9.86. The standard InChI is InChI=1S/C15H27N3OS/c1-4-12-7-10-20-13(12)11-17-9-6-5-8-15(2,3)14(16)18-19/h7,10,17,19H,4-6,8-9,11H2,1-3H3,(H2,16,18). The maximum absolute atomic E-state index is 8.72. The molecular formula is C15H27N3OS. The van der Waals surface area contributed by atoms with Crippen molar-refractivity contribution < 1.29 is 5.21 Å². The topological polar surface area (TPSA) is 70.6 Å². The average molecular weight is 297 g/mol. The monoisotopic (exact) mass is 297 g/mol. The Bertz CT molecular complexity index is 427. The Morgan fingerprint density at radius 3 is 2.85 bits per heavy atom. The van der Waals surface area contributed by atoms with E-state index in [1.54, 1.807) is 0 Å². The maximum atomic E-state index is 8.72. The van der Waals surface area contributed by atoms with Gasteiger partial charge in [-0.1, -0.05) is 32.3 Å². The number of nitrogens with one attached hydrogen (secondary N) is 1. The number of nitrogens with two attached hydrogens (primary N) is 1. The molecule has 1 heterocycles. The van der Waals surface area contributed by atoms with E-state index in [0.29, 0.717) is 5.84 Å². The molecule has 0 fully saturated rings. The first-order valence-electron chi connectivity index (χ1n) is 7.25. The number of hydrogen-bond donors (Lipinski definition) is 3. The van der Waals surface area contributed by atoms with E-state index in [9.17, 15) is 0 Å². The van der Waals surface area contributed by atoms with Crippen LogP contribution in [-0.4, -0.2) is 17.6 Å². The van der Waals surface area contributed by atoms with Crippen molar-refractivity contribution >= 4 is 17.2 Å². The number of hydrogen-bond acceptors (Lipinski definition) is 4. The Morgan fingerprint density at radius 2 is 2.20 bits per heavy atom. The number of rotatable bonds is 9. The Labute approximate surface area is 126 Å². The van der Waals surface area contributed by atoms with E-state index in [-0.39, 0.29) is 5.41 Å². The highest BCUT2D eigenvalue weighted by Gasteiger charge is 2.22. The van der Waals surface area contributed by atoms with E-state index in [4.69, 9.17) is 10.9 Å². The molecule has 0 aliphatic carbocycles. The molecule has 20 heavy (non-hydrogen) atoms. The van der Waals surface area contributed by atoms with Gasteiger partial charge in [-0.2, -0.15) is 0 Å². The summed E-state index contributed by atoms with van der Waals surface area (Å²) < 4.78 is 0.